The molecule has 1 spiro atoms. The molecule has 1 aliphatic carbocycles. The summed E-state index contributed by atoms with van der Waals surface area (Å²) in [4.78, 5) is 12.0. The van der Waals surface area contributed by atoms with Gasteiger partial charge in [0.1, 0.15) is 29.3 Å². The fraction of sp³-hybridized carbons (Fsp3) is 0.357. The molecule has 0 aromatic heterocycles. The lowest BCUT2D eigenvalue weighted by Crippen LogP contribution is -2.42. The Bertz CT molecular complexity index is 635. The van der Waals surface area contributed by atoms with E-state index in [9.17, 15) is 20.1 Å². The molecule has 3 N–H and O–H groups in total. The molecule has 2 aliphatic rings. The van der Waals surface area contributed by atoms with E-state index in [0.29, 0.717) is 16.9 Å². The molecule has 3 atom stereocenters. The van der Waals surface area contributed by atoms with Crippen LogP contribution in [-0.2, 0) is 10.3 Å². The van der Waals surface area contributed by atoms with Crippen molar-refractivity contribution in [2.45, 2.75) is 24.7 Å². The van der Waals surface area contributed by atoms with Crippen molar-refractivity contribution in [2.24, 2.45) is 0 Å². The highest BCUT2D eigenvalue weighted by atomic mass is 16.6. The van der Waals surface area contributed by atoms with Gasteiger partial charge in [-0.2, -0.15) is 0 Å². The molecule has 6 nitrogen and oxygen atoms in total. The van der Waals surface area contributed by atoms with Gasteiger partial charge >= 0.3 is 5.97 Å². The lowest BCUT2D eigenvalue weighted by atomic mass is 9.84. The molecule has 1 heterocycles. The number of benzene rings is 1. The summed E-state index contributed by atoms with van der Waals surface area (Å²) < 4.78 is 10.4. The molecule has 1 aromatic rings. The van der Waals surface area contributed by atoms with E-state index in [4.69, 9.17) is 9.47 Å². The van der Waals surface area contributed by atoms with Crippen molar-refractivity contribution in [2.75, 3.05) is 7.11 Å². The monoisotopic (exact) mass is 278 g/mol. The Morgan fingerprint density at radius 1 is 1.35 bits per heavy atom. The van der Waals surface area contributed by atoms with Gasteiger partial charge in [0.05, 0.1) is 7.11 Å². The SMILES string of the molecule is COc1cc(O)c2c(c1)[C@@]1(OC2=O)C(C)=C[C@H](O)[C@H]1O. The lowest BCUT2D eigenvalue weighted by molar-refractivity contribution is -0.0840. The normalized spacial score (nSPS) is 31.2. The van der Waals surface area contributed by atoms with Crippen LogP contribution < -0.4 is 4.74 Å². The van der Waals surface area contributed by atoms with E-state index in [1.807, 2.05) is 0 Å². The predicted octanol–water partition coefficient (Wildman–Crippen LogP) is 0.448. The first-order valence-electron chi connectivity index (χ1n) is 6.11. The van der Waals surface area contributed by atoms with Crippen molar-refractivity contribution in [3.05, 3.63) is 34.9 Å². The van der Waals surface area contributed by atoms with Crippen LogP contribution in [0.4, 0.5) is 0 Å². The van der Waals surface area contributed by atoms with Crippen LogP contribution in [0.3, 0.4) is 0 Å². The second kappa shape index (κ2) is 3.97. The highest BCUT2D eigenvalue weighted by Crippen LogP contribution is 2.51. The molecule has 106 valence electrons. The molecular weight excluding hydrogens is 264 g/mol. The van der Waals surface area contributed by atoms with Crippen molar-refractivity contribution in [1.29, 1.82) is 0 Å². The van der Waals surface area contributed by atoms with E-state index in [-0.39, 0.29) is 11.3 Å². The number of rotatable bonds is 1. The highest BCUT2D eigenvalue weighted by Gasteiger charge is 2.58. The minimum Gasteiger partial charge on any atom is -0.507 e. The minimum absolute atomic E-state index is 0.00769. The van der Waals surface area contributed by atoms with Gasteiger partial charge in [-0.1, -0.05) is 6.08 Å². The summed E-state index contributed by atoms with van der Waals surface area (Å²) in [5.74, 6) is -0.677. The maximum Gasteiger partial charge on any atom is 0.343 e. The van der Waals surface area contributed by atoms with Crippen LogP contribution in [0, 0.1) is 0 Å². The highest BCUT2D eigenvalue weighted by molar-refractivity contribution is 5.98. The van der Waals surface area contributed by atoms with Crippen LogP contribution in [0.1, 0.15) is 22.8 Å². The molecule has 3 rings (SSSR count). The van der Waals surface area contributed by atoms with E-state index < -0.39 is 23.8 Å². The van der Waals surface area contributed by atoms with Crippen molar-refractivity contribution < 1.29 is 29.6 Å². The molecular formula is C14H14O6. The zero-order valence-electron chi connectivity index (χ0n) is 11.0. The van der Waals surface area contributed by atoms with E-state index in [2.05, 4.69) is 0 Å². The van der Waals surface area contributed by atoms with E-state index in [0.717, 1.165) is 0 Å². The minimum atomic E-state index is -1.46. The Morgan fingerprint density at radius 3 is 2.60 bits per heavy atom. The number of ether oxygens (including phenoxy) is 2. The average Bonchev–Trinajstić information content (AvgIpc) is 2.81. The Balaban J connectivity index is 2.29. The fourth-order valence-corrected chi connectivity index (χ4v) is 2.94. The molecule has 1 aliphatic heterocycles. The van der Waals surface area contributed by atoms with Gasteiger partial charge in [-0.15, -0.1) is 0 Å². The molecule has 0 bridgehead atoms. The van der Waals surface area contributed by atoms with Crippen LogP contribution in [0.25, 0.3) is 0 Å². The average molecular weight is 278 g/mol. The van der Waals surface area contributed by atoms with Crippen LogP contribution in [-0.4, -0.2) is 40.6 Å². The second-order valence-electron chi connectivity index (χ2n) is 4.98. The number of phenols is 1. The number of phenolic OH excluding ortho intramolecular Hbond substituents is 1. The number of hydrogen-bond acceptors (Lipinski definition) is 6. The first kappa shape index (κ1) is 13.0. The van der Waals surface area contributed by atoms with Gasteiger partial charge < -0.3 is 24.8 Å². The van der Waals surface area contributed by atoms with Crippen molar-refractivity contribution in [3.63, 3.8) is 0 Å². The molecule has 20 heavy (non-hydrogen) atoms. The van der Waals surface area contributed by atoms with Crippen LogP contribution >= 0.6 is 0 Å². The number of aliphatic hydroxyl groups excluding tert-OH is 2. The number of aromatic hydroxyl groups is 1. The van der Waals surface area contributed by atoms with Crippen molar-refractivity contribution in [1.82, 2.24) is 0 Å². The summed E-state index contributed by atoms with van der Waals surface area (Å²) in [5, 5.41) is 30.0. The number of hydrogen-bond donors (Lipinski definition) is 3. The third-order valence-electron chi connectivity index (χ3n) is 3.93. The smallest absolute Gasteiger partial charge is 0.343 e. The lowest BCUT2D eigenvalue weighted by Gasteiger charge is -2.30. The van der Waals surface area contributed by atoms with Gasteiger partial charge in [0, 0.05) is 11.6 Å². The van der Waals surface area contributed by atoms with Gasteiger partial charge in [-0.05, 0) is 18.6 Å². The number of carbonyl (C=O) groups excluding carboxylic acids is 1. The standard InChI is InChI=1S/C14H14O6/c1-6-3-10(16)12(17)14(6)8-4-7(19-2)5-9(15)11(8)13(18)20-14/h3-5,10,12,15-17H,1-2H3/t10-,12+,14-/m0/s1. The Labute approximate surface area is 114 Å². The largest absolute Gasteiger partial charge is 0.507 e. The molecule has 0 fully saturated rings. The number of esters is 1. The van der Waals surface area contributed by atoms with Crippen LogP contribution in [0.5, 0.6) is 11.5 Å². The van der Waals surface area contributed by atoms with E-state index >= 15 is 0 Å². The quantitative estimate of drug-likeness (QED) is 0.510. The van der Waals surface area contributed by atoms with E-state index in [1.165, 1.54) is 25.3 Å². The van der Waals surface area contributed by atoms with Crippen molar-refractivity contribution in [3.8, 4) is 11.5 Å². The van der Waals surface area contributed by atoms with E-state index in [1.54, 1.807) is 6.92 Å². The summed E-state index contributed by atoms with van der Waals surface area (Å²) in [5.41, 5.74) is -0.654. The number of carbonyl (C=O) groups is 1. The summed E-state index contributed by atoms with van der Waals surface area (Å²) >= 11 is 0. The Hall–Kier alpha value is -2.05. The Morgan fingerprint density at radius 2 is 2.05 bits per heavy atom. The molecule has 1 aromatic carbocycles. The first-order chi connectivity index (χ1) is 9.41. The molecule has 0 unspecified atom stereocenters. The topological polar surface area (TPSA) is 96.2 Å². The zero-order chi connectivity index (χ0) is 14.7. The Kier molecular flexibility index (Phi) is 2.57. The van der Waals surface area contributed by atoms with Crippen molar-refractivity contribution >= 4 is 5.97 Å². The second-order valence-corrected chi connectivity index (χ2v) is 4.98. The van der Waals surface area contributed by atoms with Gasteiger partial charge in [0.2, 0.25) is 0 Å². The maximum atomic E-state index is 12.0. The van der Waals surface area contributed by atoms with Gasteiger partial charge in [0.25, 0.3) is 0 Å². The fourth-order valence-electron chi connectivity index (χ4n) is 2.94. The van der Waals surface area contributed by atoms with Crippen LogP contribution in [0.2, 0.25) is 0 Å². The number of aliphatic hydroxyl groups is 2. The summed E-state index contributed by atoms with van der Waals surface area (Å²) in [7, 11) is 1.42. The predicted molar refractivity (Wildman–Crippen MR) is 67.5 cm³/mol. The summed E-state index contributed by atoms with van der Waals surface area (Å²) in [6, 6.07) is 2.83. The summed E-state index contributed by atoms with van der Waals surface area (Å²) in [6.07, 6.45) is -1.02. The van der Waals surface area contributed by atoms with Crippen LogP contribution in [0.15, 0.2) is 23.8 Å². The number of methoxy groups -OCH3 is 1. The summed E-state index contributed by atoms with van der Waals surface area (Å²) in [6.45, 7) is 1.65. The first-order valence-corrected chi connectivity index (χ1v) is 6.11. The molecule has 0 amide bonds. The molecule has 0 radical (unpaired) electrons. The van der Waals surface area contributed by atoms with Gasteiger partial charge in [0.15, 0.2) is 5.60 Å². The third kappa shape index (κ3) is 1.37. The van der Waals surface area contributed by atoms with Gasteiger partial charge in [-0.25, -0.2) is 4.79 Å². The molecule has 0 saturated carbocycles. The third-order valence-corrected chi connectivity index (χ3v) is 3.93. The number of fused-ring (bicyclic) bond motifs is 2. The molecule has 6 heteroatoms. The zero-order valence-corrected chi connectivity index (χ0v) is 11.0. The maximum absolute atomic E-state index is 12.0. The van der Waals surface area contributed by atoms with Gasteiger partial charge in [-0.3, -0.25) is 0 Å². The molecule has 0 saturated heterocycles.